The summed E-state index contributed by atoms with van der Waals surface area (Å²) in [6.07, 6.45) is 8.79. The number of hydrogen-bond donors (Lipinski definition) is 0. The standard InChI is InChI=1S/C20H35N3/c1-7-19(3,4)13-16-14-9-11-17-18(12-10-15(14)16)23(22-21-17)20(5,6)8-2/h14-16H,7-13H2,1-6H3/t14-,15+,16?/m1/s1. The molecule has 0 bridgehead atoms. The first kappa shape index (κ1) is 17.0. The molecule has 0 amide bonds. The fraction of sp³-hybridized carbons (Fsp3) is 0.900. The van der Waals surface area contributed by atoms with Gasteiger partial charge in [0, 0.05) is 0 Å². The van der Waals surface area contributed by atoms with Crippen LogP contribution in [-0.2, 0) is 18.4 Å². The van der Waals surface area contributed by atoms with Crippen LogP contribution < -0.4 is 0 Å². The van der Waals surface area contributed by atoms with E-state index in [1.54, 1.807) is 0 Å². The molecule has 0 radical (unpaired) electrons. The van der Waals surface area contributed by atoms with E-state index in [0.29, 0.717) is 5.41 Å². The molecule has 3 heteroatoms. The Hall–Kier alpha value is -0.860. The highest BCUT2D eigenvalue weighted by Gasteiger charge is 2.51. The van der Waals surface area contributed by atoms with Crippen molar-refractivity contribution in [3.05, 3.63) is 11.4 Å². The van der Waals surface area contributed by atoms with Gasteiger partial charge in [0.1, 0.15) is 0 Å². The van der Waals surface area contributed by atoms with Gasteiger partial charge in [-0.2, -0.15) is 0 Å². The lowest BCUT2D eigenvalue weighted by molar-refractivity contribution is 0.285. The van der Waals surface area contributed by atoms with Crippen molar-refractivity contribution in [2.75, 3.05) is 0 Å². The van der Waals surface area contributed by atoms with Gasteiger partial charge in [-0.1, -0.05) is 39.3 Å². The van der Waals surface area contributed by atoms with Gasteiger partial charge in [-0.25, -0.2) is 4.68 Å². The second-order valence-electron chi connectivity index (χ2n) is 9.35. The van der Waals surface area contributed by atoms with Crippen molar-refractivity contribution in [3.63, 3.8) is 0 Å². The van der Waals surface area contributed by atoms with Crippen LogP contribution in [0.15, 0.2) is 0 Å². The van der Waals surface area contributed by atoms with Crippen LogP contribution in [0.5, 0.6) is 0 Å². The Bertz CT molecular complexity index is 555. The Labute approximate surface area is 142 Å². The van der Waals surface area contributed by atoms with E-state index >= 15 is 0 Å². The summed E-state index contributed by atoms with van der Waals surface area (Å²) in [6.45, 7) is 14.0. The molecular formula is C20H35N3. The van der Waals surface area contributed by atoms with E-state index in [4.69, 9.17) is 0 Å². The maximum Gasteiger partial charge on any atom is 0.0859 e. The largest absolute Gasteiger partial charge is 0.244 e. The Balaban J connectivity index is 1.72. The maximum absolute atomic E-state index is 4.55. The Morgan fingerprint density at radius 2 is 1.65 bits per heavy atom. The third-order valence-corrected chi connectivity index (χ3v) is 6.97. The fourth-order valence-electron chi connectivity index (χ4n) is 4.49. The van der Waals surface area contributed by atoms with E-state index in [9.17, 15) is 0 Å². The summed E-state index contributed by atoms with van der Waals surface area (Å²) in [5.41, 5.74) is 3.31. The zero-order valence-corrected chi connectivity index (χ0v) is 16.0. The summed E-state index contributed by atoms with van der Waals surface area (Å²) in [5.74, 6) is 2.88. The highest BCUT2D eigenvalue weighted by atomic mass is 15.5. The quantitative estimate of drug-likeness (QED) is 0.766. The van der Waals surface area contributed by atoms with Crippen molar-refractivity contribution in [1.82, 2.24) is 15.0 Å². The minimum atomic E-state index is 0.0896. The molecule has 23 heavy (non-hydrogen) atoms. The lowest BCUT2D eigenvalue weighted by Gasteiger charge is -2.25. The van der Waals surface area contributed by atoms with Crippen molar-refractivity contribution in [1.29, 1.82) is 0 Å². The van der Waals surface area contributed by atoms with E-state index in [1.165, 1.54) is 43.5 Å². The number of rotatable bonds is 5. The molecule has 1 heterocycles. The average Bonchev–Trinajstić information content (AvgIpc) is 2.92. The minimum absolute atomic E-state index is 0.0896. The molecule has 3 nitrogen and oxygen atoms in total. The van der Waals surface area contributed by atoms with Crippen LogP contribution in [0.1, 0.15) is 85.0 Å². The third-order valence-electron chi connectivity index (χ3n) is 6.97. The van der Waals surface area contributed by atoms with E-state index in [-0.39, 0.29) is 5.54 Å². The molecule has 1 fully saturated rings. The number of hydrogen-bond acceptors (Lipinski definition) is 2. The van der Waals surface area contributed by atoms with Crippen molar-refractivity contribution >= 4 is 0 Å². The summed E-state index contributed by atoms with van der Waals surface area (Å²) in [5, 5.41) is 9.08. The van der Waals surface area contributed by atoms with Crippen molar-refractivity contribution in [2.45, 2.75) is 92.0 Å². The van der Waals surface area contributed by atoms with Gasteiger partial charge in [0.25, 0.3) is 0 Å². The van der Waals surface area contributed by atoms with E-state index < -0.39 is 0 Å². The zero-order chi connectivity index (χ0) is 16.8. The van der Waals surface area contributed by atoms with Crippen molar-refractivity contribution in [3.8, 4) is 0 Å². The third kappa shape index (κ3) is 3.21. The molecule has 3 atom stereocenters. The van der Waals surface area contributed by atoms with Crippen LogP contribution >= 0.6 is 0 Å². The first-order valence-electron chi connectivity index (χ1n) is 9.73. The number of fused-ring (bicyclic) bond motifs is 2. The lowest BCUT2D eigenvalue weighted by atomic mass is 9.83. The van der Waals surface area contributed by atoms with Gasteiger partial charge in [-0.3, -0.25) is 0 Å². The molecule has 0 spiro atoms. The van der Waals surface area contributed by atoms with Crippen LogP contribution in [-0.4, -0.2) is 15.0 Å². The van der Waals surface area contributed by atoms with Crippen molar-refractivity contribution < 1.29 is 0 Å². The molecule has 2 aliphatic carbocycles. The smallest absolute Gasteiger partial charge is 0.0859 e. The molecule has 1 aromatic rings. The van der Waals surface area contributed by atoms with Crippen LogP contribution in [0.4, 0.5) is 0 Å². The van der Waals surface area contributed by atoms with E-state index in [0.717, 1.165) is 30.6 Å². The normalized spacial score (nSPS) is 27.8. The molecule has 0 saturated heterocycles. The van der Waals surface area contributed by atoms with Gasteiger partial charge in [0.05, 0.1) is 16.9 Å². The van der Waals surface area contributed by atoms with Crippen LogP contribution in [0.3, 0.4) is 0 Å². The summed E-state index contributed by atoms with van der Waals surface area (Å²) >= 11 is 0. The number of nitrogens with zero attached hydrogens (tertiary/aromatic N) is 3. The summed E-state index contributed by atoms with van der Waals surface area (Å²) in [6, 6.07) is 0. The van der Waals surface area contributed by atoms with Crippen LogP contribution in [0, 0.1) is 23.2 Å². The summed E-state index contributed by atoms with van der Waals surface area (Å²) < 4.78 is 2.23. The Kier molecular flexibility index (Phi) is 4.35. The molecule has 3 rings (SSSR count). The van der Waals surface area contributed by atoms with Gasteiger partial charge in [-0.05, 0) is 75.5 Å². The molecule has 1 saturated carbocycles. The monoisotopic (exact) mass is 317 g/mol. The number of aromatic nitrogens is 3. The van der Waals surface area contributed by atoms with Crippen LogP contribution in [0.2, 0.25) is 0 Å². The molecule has 1 aromatic heterocycles. The van der Waals surface area contributed by atoms with Gasteiger partial charge in [0.2, 0.25) is 0 Å². The predicted octanol–water partition coefficient (Wildman–Crippen LogP) is 4.99. The summed E-state index contributed by atoms with van der Waals surface area (Å²) in [7, 11) is 0. The van der Waals surface area contributed by atoms with E-state index in [1.807, 2.05) is 0 Å². The zero-order valence-electron chi connectivity index (χ0n) is 16.0. The van der Waals surface area contributed by atoms with E-state index in [2.05, 4.69) is 56.5 Å². The second kappa shape index (κ2) is 5.89. The Morgan fingerprint density at radius 1 is 1.00 bits per heavy atom. The second-order valence-corrected chi connectivity index (χ2v) is 9.35. The molecule has 0 aliphatic heterocycles. The molecule has 0 N–H and O–H groups in total. The fourth-order valence-corrected chi connectivity index (χ4v) is 4.49. The molecule has 130 valence electrons. The molecular weight excluding hydrogens is 282 g/mol. The number of aryl methyl sites for hydroxylation is 1. The SMILES string of the molecule is CCC(C)(C)CC1[C@H]2CCc3c(nnn3C(C)(C)CC)CC[C@@H]12. The highest BCUT2D eigenvalue weighted by Crippen LogP contribution is 2.57. The first-order valence-corrected chi connectivity index (χ1v) is 9.73. The van der Waals surface area contributed by atoms with Gasteiger partial charge in [0.15, 0.2) is 0 Å². The maximum atomic E-state index is 4.55. The average molecular weight is 318 g/mol. The predicted molar refractivity (Wildman–Crippen MR) is 95.4 cm³/mol. The van der Waals surface area contributed by atoms with Gasteiger partial charge >= 0.3 is 0 Å². The minimum Gasteiger partial charge on any atom is -0.244 e. The highest BCUT2D eigenvalue weighted by molar-refractivity contribution is 5.16. The van der Waals surface area contributed by atoms with Crippen LogP contribution in [0.25, 0.3) is 0 Å². The van der Waals surface area contributed by atoms with Crippen molar-refractivity contribution in [2.24, 2.45) is 23.2 Å². The van der Waals surface area contributed by atoms with Gasteiger partial charge < -0.3 is 0 Å². The summed E-state index contributed by atoms with van der Waals surface area (Å²) in [4.78, 5) is 0. The van der Waals surface area contributed by atoms with Gasteiger partial charge in [-0.15, -0.1) is 5.10 Å². The lowest BCUT2D eigenvalue weighted by Crippen LogP contribution is -2.29. The molecule has 2 aliphatic rings. The Morgan fingerprint density at radius 3 is 2.26 bits per heavy atom. The molecule has 0 aromatic carbocycles. The first-order chi connectivity index (χ1) is 10.8. The topological polar surface area (TPSA) is 30.7 Å². The molecule has 1 unspecified atom stereocenters.